The summed E-state index contributed by atoms with van der Waals surface area (Å²) in [5.41, 5.74) is 5.40. The molecule has 1 aromatic rings. The first kappa shape index (κ1) is 10.4. The highest BCUT2D eigenvalue weighted by Crippen LogP contribution is 2.36. The van der Waals surface area contributed by atoms with Crippen LogP contribution in [0, 0.1) is 11.3 Å². The van der Waals surface area contributed by atoms with Crippen molar-refractivity contribution in [3.63, 3.8) is 0 Å². The molecule has 1 aliphatic carbocycles. The monoisotopic (exact) mass is 226 g/mol. The zero-order valence-corrected chi connectivity index (χ0v) is 9.37. The highest BCUT2D eigenvalue weighted by atomic mass is 32.2. The molecule has 2 rings (SSSR count). The van der Waals surface area contributed by atoms with Gasteiger partial charge in [-0.3, -0.25) is 5.41 Å². The first-order chi connectivity index (χ1) is 7.18. The van der Waals surface area contributed by atoms with Gasteiger partial charge in [0.15, 0.2) is 0 Å². The van der Waals surface area contributed by atoms with Crippen LogP contribution in [0.15, 0.2) is 5.16 Å². The molecular formula is C8H14N6S. The summed E-state index contributed by atoms with van der Waals surface area (Å²) >= 11 is 1.56. The summed E-state index contributed by atoms with van der Waals surface area (Å²) in [6.45, 7) is 1.93. The predicted octanol–water partition coefficient (Wildman–Crippen LogP) is 0.672. The minimum Gasteiger partial charge on any atom is -0.387 e. The SMILES string of the molecule is CC(CSc1nnnn1C1CC1)C(=N)N. The van der Waals surface area contributed by atoms with Crippen molar-refractivity contribution in [2.24, 2.45) is 11.7 Å². The minimum absolute atomic E-state index is 0.0688. The first-order valence-electron chi connectivity index (χ1n) is 4.93. The summed E-state index contributed by atoms with van der Waals surface area (Å²) in [7, 11) is 0. The second kappa shape index (κ2) is 4.18. The minimum atomic E-state index is 0.0688. The molecule has 0 bridgehead atoms. The number of nitrogens with zero attached hydrogens (tertiary/aromatic N) is 4. The maximum atomic E-state index is 7.29. The molecule has 1 aliphatic rings. The van der Waals surface area contributed by atoms with Gasteiger partial charge in [-0.25, -0.2) is 4.68 Å². The van der Waals surface area contributed by atoms with Crippen LogP contribution in [0.1, 0.15) is 25.8 Å². The fourth-order valence-corrected chi connectivity index (χ4v) is 2.11. The summed E-state index contributed by atoms with van der Waals surface area (Å²) in [5.74, 6) is 1.04. The van der Waals surface area contributed by atoms with Gasteiger partial charge in [-0.15, -0.1) is 5.10 Å². The van der Waals surface area contributed by atoms with Crippen molar-refractivity contribution in [1.29, 1.82) is 5.41 Å². The Balaban J connectivity index is 1.92. The molecule has 1 unspecified atom stereocenters. The van der Waals surface area contributed by atoms with Crippen molar-refractivity contribution in [3.05, 3.63) is 0 Å². The van der Waals surface area contributed by atoms with Crippen molar-refractivity contribution < 1.29 is 0 Å². The zero-order valence-electron chi connectivity index (χ0n) is 8.55. The Morgan fingerprint density at radius 3 is 3.07 bits per heavy atom. The topological polar surface area (TPSA) is 93.5 Å². The second-order valence-electron chi connectivity index (χ2n) is 3.80. The zero-order chi connectivity index (χ0) is 10.8. The van der Waals surface area contributed by atoms with Gasteiger partial charge in [-0.2, -0.15) is 0 Å². The van der Waals surface area contributed by atoms with E-state index >= 15 is 0 Å². The number of aromatic nitrogens is 4. The number of nitrogens with one attached hydrogen (secondary N) is 1. The molecule has 0 aliphatic heterocycles. The molecule has 82 valence electrons. The van der Waals surface area contributed by atoms with Gasteiger partial charge in [-0.1, -0.05) is 18.7 Å². The smallest absolute Gasteiger partial charge is 0.209 e. The first-order valence-corrected chi connectivity index (χ1v) is 5.91. The van der Waals surface area contributed by atoms with Crippen LogP contribution in [0.3, 0.4) is 0 Å². The van der Waals surface area contributed by atoms with Crippen LogP contribution in [0.5, 0.6) is 0 Å². The molecule has 0 amide bonds. The fourth-order valence-electron chi connectivity index (χ4n) is 1.12. The highest BCUT2D eigenvalue weighted by Gasteiger charge is 2.28. The molecule has 0 aromatic carbocycles. The number of hydrogen-bond donors (Lipinski definition) is 2. The number of rotatable bonds is 5. The Morgan fingerprint density at radius 1 is 1.73 bits per heavy atom. The summed E-state index contributed by atoms with van der Waals surface area (Å²) in [5, 5.41) is 19.7. The van der Waals surface area contributed by atoms with Crippen LogP contribution in [0.4, 0.5) is 0 Å². The summed E-state index contributed by atoms with van der Waals surface area (Å²) in [4.78, 5) is 0. The van der Waals surface area contributed by atoms with Crippen molar-refractivity contribution in [1.82, 2.24) is 20.2 Å². The van der Waals surface area contributed by atoms with Gasteiger partial charge in [0.25, 0.3) is 0 Å². The van der Waals surface area contributed by atoms with Gasteiger partial charge < -0.3 is 5.73 Å². The van der Waals surface area contributed by atoms with Gasteiger partial charge in [0.05, 0.1) is 11.9 Å². The molecule has 7 heteroatoms. The standard InChI is InChI=1S/C8H14N6S/c1-5(7(9)10)4-15-8-11-12-13-14(8)6-2-3-6/h5-6H,2-4H2,1H3,(H3,9,10). The van der Waals surface area contributed by atoms with E-state index in [1.165, 1.54) is 12.8 Å². The Kier molecular flexibility index (Phi) is 2.90. The van der Waals surface area contributed by atoms with Gasteiger partial charge in [0, 0.05) is 11.7 Å². The van der Waals surface area contributed by atoms with E-state index in [1.54, 1.807) is 11.8 Å². The largest absolute Gasteiger partial charge is 0.387 e. The Hall–Kier alpha value is -1.11. The molecular weight excluding hydrogens is 212 g/mol. The Bertz CT molecular complexity index is 358. The predicted molar refractivity (Wildman–Crippen MR) is 57.9 cm³/mol. The number of hydrogen-bond acceptors (Lipinski definition) is 5. The lowest BCUT2D eigenvalue weighted by atomic mass is 10.2. The summed E-state index contributed by atoms with van der Waals surface area (Å²) in [6.07, 6.45) is 2.34. The second-order valence-corrected chi connectivity index (χ2v) is 4.79. The average molecular weight is 226 g/mol. The lowest BCUT2D eigenvalue weighted by Crippen LogP contribution is -2.21. The normalized spacial score (nSPS) is 17.7. The quantitative estimate of drug-likeness (QED) is 0.437. The third kappa shape index (κ3) is 2.47. The average Bonchev–Trinajstić information content (AvgIpc) is 2.94. The van der Waals surface area contributed by atoms with Crippen molar-refractivity contribution in [2.45, 2.75) is 31.0 Å². The van der Waals surface area contributed by atoms with Crippen LogP contribution in [-0.4, -0.2) is 31.8 Å². The molecule has 1 saturated carbocycles. The fraction of sp³-hybridized carbons (Fsp3) is 0.750. The summed E-state index contributed by atoms with van der Waals surface area (Å²) in [6, 6.07) is 0.495. The van der Waals surface area contributed by atoms with Gasteiger partial charge in [-0.05, 0) is 23.3 Å². The molecule has 1 heterocycles. The molecule has 0 saturated heterocycles. The van der Waals surface area contributed by atoms with Crippen molar-refractivity contribution in [2.75, 3.05) is 5.75 Å². The van der Waals surface area contributed by atoms with Crippen LogP contribution in [-0.2, 0) is 0 Å². The lowest BCUT2D eigenvalue weighted by molar-refractivity contribution is 0.565. The van der Waals surface area contributed by atoms with Crippen molar-refractivity contribution >= 4 is 17.6 Å². The van der Waals surface area contributed by atoms with Crippen LogP contribution in [0.25, 0.3) is 0 Å². The van der Waals surface area contributed by atoms with E-state index in [0.717, 1.165) is 10.9 Å². The Labute approximate surface area is 92.1 Å². The van der Waals surface area contributed by atoms with Gasteiger partial charge in [0.1, 0.15) is 0 Å². The molecule has 1 fully saturated rings. The molecule has 3 N–H and O–H groups in total. The van der Waals surface area contributed by atoms with Crippen LogP contribution < -0.4 is 5.73 Å². The Morgan fingerprint density at radius 2 is 2.47 bits per heavy atom. The van der Waals surface area contributed by atoms with E-state index in [4.69, 9.17) is 11.1 Å². The van der Waals surface area contributed by atoms with Crippen molar-refractivity contribution in [3.8, 4) is 0 Å². The van der Waals surface area contributed by atoms with E-state index in [-0.39, 0.29) is 11.8 Å². The van der Waals surface area contributed by atoms with Gasteiger partial charge in [0.2, 0.25) is 5.16 Å². The maximum Gasteiger partial charge on any atom is 0.209 e. The molecule has 6 nitrogen and oxygen atoms in total. The third-order valence-electron chi connectivity index (χ3n) is 2.35. The summed E-state index contributed by atoms with van der Waals surface area (Å²) < 4.78 is 1.87. The van der Waals surface area contributed by atoms with E-state index in [1.807, 2.05) is 11.6 Å². The molecule has 0 radical (unpaired) electrons. The lowest BCUT2D eigenvalue weighted by Gasteiger charge is -2.07. The number of thioether (sulfide) groups is 1. The molecule has 15 heavy (non-hydrogen) atoms. The number of tetrazole rings is 1. The van der Waals surface area contributed by atoms with Crippen LogP contribution >= 0.6 is 11.8 Å². The molecule has 1 atom stereocenters. The molecule has 1 aromatic heterocycles. The third-order valence-corrected chi connectivity index (χ3v) is 3.54. The highest BCUT2D eigenvalue weighted by molar-refractivity contribution is 7.99. The number of amidine groups is 1. The number of nitrogens with two attached hydrogens (primary N) is 1. The maximum absolute atomic E-state index is 7.29. The van der Waals surface area contributed by atoms with E-state index < -0.39 is 0 Å². The van der Waals surface area contributed by atoms with Gasteiger partial charge >= 0.3 is 0 Å². The van der Waals surface area contributed by atoms with E-state index in [2.05, 4.69) is 15.5 Å². The molecule has 0 spiro atoms. The van der Waals surface area contributed by atoms with Crippen LogP contribution in [0.2, 0.25) is 0 Å². The van der Waals surface area contributed by atoms with E-state index in [9.17, 15) is 0 Å². The van der Waals surface area contributed by atoms with E-state index in [0.29, 0.717) is 6.04 Å².